The van der Waals surface area contributed by atoms with E-state index in [1.807, 2.05) is 72.8 Å². The van der Waals surface area contributed by atoms with Crippen LogP contribution in [0.1, 0.15) is 0 Å². The van der Waals surface area contributed by atoms with Gasteiger partial charge in [0.15, 0.2) is 5.82 Å². The zero-order valence-electron chi connectivity index (χ0n) is 15.2. The van der Waals surface area contributed by atoms with E-state index in [-0.39, 0.29) is 0 Å². The van der Waals surface area contributed by atoms with Crippen LogP contribution < -0.4 is 10.8 Å². The molecule has 0 aliphatic rings. The summed E-state index contributed by atoms with van der Waals surface area (Å²) in [5.41, 5.74) is 5.60. The molecule has 0 aliphatic heterocycles. The summed E-state index contributed by atoms with van der Waals surface area (Å²) in [6.45, 7) is 0. The highest BCUT2D eigenvalue weighted by Crippen LogP contribution is 2.24. The lowest BCUT2D eigenvalue weighted by molar-refractivity contribution is 0.618. The first-order valence-electron chi connectivity index (χ1n) is 9.06. The highest BCUT2D eigenvalue weighted by molar-refractivity contribution is 6.31. The van der Waals surface area contributed by atoms with E-state index < -0.39 is 0 Å². The van der Waals surface area contributed by atoms with Gasteiger partial charge in [0.1, 0.15) is 17.7 Å². The van der Waals surface area contributed by atoms with Crippen molar-refractivity contribution in [2.45, 2.75) is 0 Å². The van der Waals surface area contributed by atoms with Gasteiger partial charge in [0.25, 0.3) is 0 Å². The number of anilines is 1. The second kappa shape index (κ2) is 7.37. The van der Waals surface area contributed by atoms with Crippen LogP contribution in [0.4, 0.5) is 5.82 Å². The minimum absolute atomic E-state index is 0.615. The van der Waals surface area contributed by atoms with E-state index in [0.29, 0.717) is 27.5 Å². The predicted octanol–water partition coefficient (Wildman–Crippen LogP) is 5.62. The van der Waals surface area contributed by atoms with Crippen molar-refractivity contribution in [3.8, 4) is 11.3 Å². The quantitative estimate of drug-likeness (QED) is 0.400. The van der Waals surface area contributed by atoms with Crippen LogP contribution in [0.5, 0.6) is 0 Å². The van der Waals surface area contributed by atoms with Gasteiger partial charge in [0, 0.05) is 27.4 Å². The number of nitrogens with zero attached hydrogens (tertiary/aromatic N) is 3. The zero-order chi connectivity index (χ0) is 19.6. The Kier molecular flexibility index (Phi) is 4.42. The van der Waals surface area contributed by atoms with Crippen LogP contribution in [0.25, 0.3) is 33.2 Å². The van der Waals surface area contributed by atoms with Crippen LogP contribution >= 0.6 is 11.6 Å². The first-order valence-corrected chi connectivity index (χ1v) is 9.44. The van der Waals surface area contributed by atoms with Gasteiger partial charge < -0.3 is 4.42 Å². The van der Waals surface area contributed by atoms with Crippen molar-refractivity contribution in [2.24, 2.45) is 5.10 Å². The highest BCUT2D eigenvalue weighted by atomic mass is 35.5. The van der Waals surface area contributed by atoms with Crippen LogP contribution in [-0.4, -0.2) is 9.97 Å². The largest absolute Gasteiger partial charge is 0.456 e. The van der Waals surface area contributed by atoms with Crippen molar-refractivity contribution in [3.05, 3.63) is 95.6 Å². The Balaban J connectivity index is 1.69. The van der Waals surface area contributed by atoms with E-state index >= 15 is 0 Å². The molecule has 0 unspecified atom stereocenters. The predicted molar refractivity (Wildman–Crippen MR) is 115 cm³/mol. The third-order valence-electron chi connectivity index (χ3n) is 4.59. The summed E-state index contributed by atoms with van der Waals surface area (Å²) in [7, 11) is 0. The van der Waals surface area contributed by atoms with Gasteiger partial charge >= 0.3 is 0 Å². The van der Waals surface area contributed by atoms with Crippen LogP contribution in [0.15, 0.2) is 94.7 Å². The molecule has 2 aromatic heterocycles. The summed E-state index contributed by atoms with van der Waals surface area (Å²) in [5.74, 6) is 1.35. The number of aromatic nitrogens is 2. The van der Waals surface area contributed by atoms with E-state index in [2.05, 4.69) is 20.5 Å². The molecule has 5 aromatic rings. The molecule has 0 aliphatic carbocycles. The van der Waals surface area contributed by atoms with E-state index in [9.17, 15) is 0 Å². The molecule has 29 heavy (non-hydrogen) atoms. The van der Waals surface area contributed by atoms with Gasteiger partial charge in [0.2, 0.25) is 0 Å². The number of para-hydroxylation sites is 1. The topological polar surface area (TPSA) is 63.3 Å². The maximum absolute atomic E-state index is 6.22. The van der Waals surface area contributed by atoms with Crippen molar-refractivity contribution in [3.63, 3.8) is 0 Å². The van der Waals surface area contributed by atoms with Crippen LogP contribution in [-0.2, 0) is 0 Å². The summed E-state index contributed by atoms with van der Waals surface area (Å²) in [6, 6.07) is 25.1. The van der Waals surface area contributed by atoms with Gasteiger partial charge in [-0.05, 0) is 30.3 Å². The number of hydrogen-bond acceptors (Lipinski definition) is 5. The lowest BCUT2D eigenvalue weighted by Gasteiger charge is -2.07. The molecule has 5 nitrogen and oxygen atoms in total. The first-order chi connectivity index (χ1) is 14.3. The minimum atomic E-state index is 0.615. The average Bonchev–Trinajstić information content (AvgIpc) is 2.78. The summed E-state index contributed by atoms with van der Waals surface area (Å²) in [5, 5.41) is 7.64. The van der Waals surface area contributed by atoms with Crippen LogP contribution in [0.2, 0.25) is 5.02 Å². The maximum atomic E-state index is 6.22. The van der Waals surface area contributed by atoms with Gasteiger partial charge in [-0.15, -0.1) is 0 Å². The second-order valence-corrected chi connectivity index (χ2v) is 6.90. The third kappa shape index (κ3) is 3.44. The molecular weight excluding hydrogens is 384 g/mol. The fourth-order valence-electron chi connectivity index (χ4n) is 3.19. The minimum Gasteiger partial charge on any atom is -0.456 e. The molecular formula is C23H15ClN4O. The van der Waals surface area contributed by atoms with Gasteiger partial charge in [-0.25, -0.2) is 9.97 Å². The maximum Gasteiger partial charge on any atom is 0.157 e. The average molecular weight is 399 g/mol. The Morgan fingerprint density at radius 1 is 0.828 bits per heavy atom. The SMILES string of the molecule is Clc1ccc2oc(-c3ccccc3)c/c(=N\Nc3ncnc4ccccc34)c2c1. The fraction of sp³-hybridized carbons (Fsp3) is 0. The molecule has 0 atom stereocenters. The van der Waals surface area contributed by atoms with Crippen molar-refractivity contribution in [1.82, 2.24) is 9.97 Å². The van der Waals surface area contributed by atoms with Crippen LogP contribution in [0, 0.1) is 0 Å². The van der Waals surface area contributed by atoms with Gasteiger partial charge in [0.05, 0.1) is 10.9 Å². The van der Waals surface area contributed by atoms with E-state index in [1.165, 1.54) is 6.33 Å². The molecule has 0 saturated heterocycles. The molecule has 6 heteroatoms. The number of rotatable bonds is 3. The Morgan fingerprint density at radius 2 is 1.66 bits per heavy atom. The van der Waals surface area contributed by atoms with Crippen molar-refractivity contribution >= 4 is 39.3 Å². The lowest BCUT2D eigenvalue weighted by Crippen LogP contribution is -2.08. The fourth-order valence-corrected chi connectivity index (χ4v) is 3.36. The van der Waals surface area contributed by atoms with Crippen molar-refractivity contribution in [1.29, 1.82) is 0 Å². The molecule has 140 valence electrons. The molecule has 5 rings (SSSR count). The second-order valence-electron chi connectivity index (χ2n) is 6.47. The molecule has 1 N–H and O–H groups in total. The molecule has 3 aromatic carbocycles. The molecule has 0 amide bonds. The molecule has 0 fully saturated rings. The Bertz CT molecular complexity index is 1390. The van der Waals surface area contributed by atoms with E-state index in [1.54, 1.807) is 6.07 Å². The van der Waals surface area contributed by atoms with Gasteiger partial charge in [-0.2, -0.15) is 5.10 Å². The highest BCUT2D eigenvalue weighted by Gasteiger charge is 2.07. The summed E-state index contributed by atoms with van der Waals surface area (Å²) in [6.07, 6.45) is 1.52. The summed E-state index contributed by atoms with van der Waals surface area (Å²) < 4.78 is 6.09. The number of halogens is 1. The molecule has 0 spiro atoms. The molecule has 2 heterocycles. The van der Waals surface area contributed by atoms with Gasteiger partial charge in [-0.3, -0.25) is 5.43 Å². The Labute approximate surface area is 171 Å². The smallest absolute Gasteiger partial charge is 0.157 e. The number of nitrogens with one attached hydrogen (secondary N) is 1. The summed E-state index contributed by atoms with van der Waals surface area (Å²) >= 11 is 6.22. The standard InChI is InChI=1S/C23H15ClN4O/c24-16-10-11-21-18(12-16)20(13-22(29-21)15-6-2-1-3-7-15)27-28-23-17-8-4-5-9-19(17)25-14-26-23/h1-14H,(H,25,26,28)/b27-20+. The van der Waals surface area contributed by atoms with E-state index in [0.717, 1.165) is 21.9 Å². The number of fused-ring (bicyclic) bond motifs is 2. The molecule has 0 bridgehead atoms. The van der Waals surface area contributed by atoms with Crippen LogP contribution in [0.3, 0.4) is 0 Å². The normalized spacial score (nSPS) is 11.8. The van der Waals surface area contributed by atoms with Gasteiger partial charge in [-0.1, -0.05) is 54.1 Å². The Morgan fingerprint density at radius 3 is 2.55 bits per heavy atom. The Hall–Kier alpha value is -3.70. The van der Waals surface area contributed by atoms with Crippen molar-refractivity contribution in [2.75, 3.05) is 5.43 Å². The van der Waals surface area contributed by atoms with E-state index in [4.69, 9.17) is 16.0 Å². The van der Waals surface area contributed by atoms with Crippen molar-refractivity contribution < 1.29 is 4.42 Å². The molecule has 0 saturated carbocycles. The molecule has 0 radical (unpaired) electrons. The number of hydrogen-bond donors (Lipinski definition) is 1. The summed E-state index contributed by atoms with van der Waals surface area (Å²) in [4.78, 5) is 8.62. The zero-order valence-corrected chi connectivity index (χ0v) is 16.0. The third-order valence-corrected chi connectivity index (χ3v) is 4.82. The number of benzene rings is 3. The lowest BCUT2D eigenvalue weighted by atomic mass is 10.1. The first kappa shape index (κ1) is 17.4. The monoisotopic (exact) mass is 398 g/mol.